The van der Waals surface area contributed by atoms with Gasteiger partial charge in [-0.05, 0) is 12.5 Å². The molecule has 0 aliphatic carbocycles. The molecule has 2 N–H and O–H groups in total. The van der Waals surface area contributed by atoms with Crippen LogP contribution in [0, 0.1) is 22.9 Å². The van der Waals surface area contributed by atoms with Gasteiger partial charge in [-0.1, -0.05) is 12.1 Å². The first kappa shape index (κ1) is 24.8. The fourth-order valence-electron chi connectivity index (χ4n) is 3.70. The third-order valence-corrected chi connectivity index (χ3v) is 6.04. The number of carbonyl (C=O) groups is 1. The van der Waals surface area contributed by atoms with Gasteiger partial charge in [0.05, 0.1) is 30.9 Å². The molecule has 1 atom stereocenters. The lowest BCUT2D eigenvalue weighted by atomic mass is 10.1. The molecule has 11 nitrogen and oxygen atoms in total. The summed E-state index contributed by atoms with van der Waals surface area (Å²) in [6, 6.07) is 5.97. The Bertz CT molecular complexity index is 1490. The number of nitrogens with zero attached hydrogens (tertiary/aromatic N) is 3. The molecular weight excluding hydrogens is 492 g/mol. The Morgan fingerprint density at radius 1 is 1.22 bits per heavy atom. The second-order valence-electron chi connectivity index (χ2n) is 7.53. The predicted octanol–water partition coefficient (Wildman–Crippen LogP) is 4.11. The van der Waals surface area contributed by atoms with Crippen molar-refractivity contribution in [2.45, 2.75) is 6.92 Å². The lowest BCUT2D eigenvalue weighted by molar-refractivity contribution is -0.384. The summed E-state index contributed by atoms with van der Waals surface area (Å²) in [6.07, 6.45) is 1.32. The summed E-state index contributed by atoms with van der Waals surface area (Å²) in [6.45, 7) is 1.71. The number of aromatic nitrogens is 2. The van der Waals surface area contributed by atoms with Gasteiger partial charge in [0.25, 0.3) is 5.69 Å². The van der Waals surface area contributed by atoms with Crippen molar-refractivity contribution < 1.29 is 28.0 Å². The molecule has 0 saturated heterocycles. The number of hydrogen-bond donors (Lipinski definition) is 2. The van der Waals surface area contributed by atoms with Crippen LogP contribution in [-0.2, 0) is 0 Å². The quantitative estimate of drug-likeness (QED) is 0.153. The van der Waals surface area contributed by atoms with Gasteiger partial charge in [0.1, 0.15) is 22.6 Å². The number of hydrogen-bond acceptors (Lipinski definition) is 10. The number of ether oxygens (including phenoxy) is 2. The predicted molar refractivity (Wildman–Crippen MR) is 135 cm³/mol. The standard InChI is InChI=1S/C23H21FN5O6P/c1-10-6-5-7-11(29(31)32)17(10)27-23-26-9-14-18(28-23)19(25-2)21(35-14)20(30)15-16(24)12(33-3)8-13(34-4)22(15)36/h5-9,25H,36H2,1-4H3,(H,26,27,28). The van der Waals surface area contributed by atoms with E-state index in [1.54, 1.807) is 26.1 Å². The maximum atomic E-state index is 15.2. The molecule has 0 bridgehead atoms. The number of aryl methyl sites for hydroxylation is 1. The third kappa shape index (κ3) is 4.16. The Morgan fingerprint density at radius 2 is 1.94 bits per heavy atom. The molecule has 1 unspecified atom stereocenters. The number of halogens is 1. The number of fused-ring (bicyclic) bond motifs is 1. The van der Waals surface area contributed by atoms with E-state index in [0.717, 1.165) is 0 Å². The summed E-state index contributed by atoms with van der Waals surface area (Å²) in [5.74, 6) is -1.77. The molecular formula is C23H21FN5O6P. The lowest BCUT2D eigenvalue weighted by Crippen LogP contribution is -2.17. The smallest absolute Gasteiger partial charge is 0.293 e. The molecule has 0 aliphatic heterocycles. The van der Waals surface area contributed by atoms with Gasteiger partial charge in [-0.3, -0.25) is 14.9 Å². The summed E-state index contributed by atoms with van der Waals surface area (Å²) in [5, 5.41) is 17.4. The van der Waals surface area contributed by atoms with Crippen LogP contribution in [-0.4, -0.2) is 41.9 Å². The Hall–Kier alpha value is -4.31. The van der Waals surface area contributed by atoms with Crippen LogP contribution in [0.5, 0.6) is 11.5 Å². The van der Waals surface area contributed by atoms with Gasteiger partial charge in [-0.25, -0.2) is 14.4 Å². The third-order valence-electron chi connectivity index (χ3n) is 5.47. The van der Waals surface area contributed by atoms with E-state index in [-0.39, 0.29) is 62.2 Å². The highest BCUT2D eigenvalue weighted by molar-refractivity contribution is 7.28. The van der Waals surface area contributed by atoms with Gasteiger partial charge in [-0.15, -0.1) is 9.24 Å². The molecule has 2 aromatic carbocycles. The number of rotatable bonds is 8. The maximum Gasteiger partial charge on any atom is 0.293 e. The Labute approximate surface area is 206 Å². The van der Waals surface area contributed by atoms with Crippen LogP contribution in [0.15, 0.2) is 34.9 Å². The van der Waals surface area contributed by atoms with Gasteiger partial charge in [-0.2, -0.15) is 0 Å². The fourth-order valence-corrected chi connectivity index (χ4v) is 4.16. The normalized spacial score (nSPS) is 10.8. The zero-order valence-corrected chi connectivity index (χ0v) is 20.8. The second-order valence-corrected chi connectivity index (χ2v) is 8.10. The fraction of sp³-hybridized carbons (Fsp3) is 0.174. The van der Waals surface area contributed by atoms with E-state index in [1.807, 2.05) is 0 Å². The molecule has 4 aromatic rings. The van der Waals surface area contributed by atoms with Crippen LogP contribution >= 0.6 is 9.24 Å². The number of para-hydroxylation sites is 1. The Balaban J connectivity index is 1.83. The summed E-state index contributed by atoms with van der Waals surface area (Å²) >= 11 is 0. The van der Waals surface area contributed by atoms with Crippen molar-refractivity contribution in [2.24, 2.45) is 0 Å². The van der Waals surface area contributed by atoms with E-state index < -0.39 is 16.5 Å². The molecule has 0 amide bonds. The first-order valence-electron chi connectivity index (χ1n) is 10.4. The summed E-state index contributed by atoms with van der Waals surface area (Å²) in [7, 11) is 6.50. The number of carbonyl (C=O) groups excluding carboxylic acids is 1. The molecule has 0 spiro atoms. The number of methoxy groups -OCH3 is 2. The molecule has 36 heavy (non-hydrogen) atoms. The van der Waals surface area contributed by atoms with E-state index in [1.165, 1.54) is 32.5 Å². The molecule has 4 rings (SSSR count). The van der Waals surface area contributed by atoms with E-state index in [0.29, 0.717) is 5.56 Å². The molecule has 2 aromatic heterocycles. The summed E-state index contributed by atoms with van der Waals surface area (Å²) < 4.78 is 31.2. The van der Waals surface area contributed by atoms with Crippen molar-refractivity contribution in [1.29, 1.82) is 0 Å². The number of nitro groups is 1. The minimum Gasteiger partial charge on any atom is -0.496 e. The van der Waals surface area contributed by atoms with E-state index >= 15 is 4.39 Å². The van der Waals surface area contributed by atoms with Gasteiger partial charge in [0, 0.05) is 24.5 Å². The van der Waals surface area contributed by atoms with Crippen LogP contribution < -0.4 is 25.4 Å². The highest BCUT2D eigenvalue weighted by atomic mass is 31.0. The minimum absolute atomic E-state index is 0.0390. The molecule has 2 heterocycles. The van der Waals surface area contributed by atoms with Gasteiger partial charge >= 0.3 is 0 Å². The number of benzene rings is 2. The molecule has 0 fully saturated rings. The minimum atomic E-state index is -0.879. The van der Waals surface area contributed by atoms with Crippen LogP contribution in [0.25, 0.3) is 11.1 Å². The van der Waals surface area contributed by atoms with Crippen molar-refractivity contribution in [3.05, 3.63) is 63.3 Å². The van der Waals surface area contributed by atoms with Crippen LogP contribution in [0.2, 0.25) is 0 Å². The average Bonchev–Trinajstić information content (AvgIpc) is 3.23. The first-order chi connectivity index (χ1) is 17.2. The van der Waals surface area contributed by atoms with Crippen LogP contribution in [0.3, 0.4) is 0 Å². The topological polar surface area (TPSA) is 142 Å². The summed E-state index contributed by atoms with van der Waals surface area (Å²) in [4.78, 5) is 33.0. The van der Waals surface area contributed by atoms with E-state index in [9.17, 15) is 14.9 Å². The molecule has 0 aliphatic rings. The van der Waals surface area contributed by atoms with Gasteiger partial charge in [0.15, 0.2) is 17.1 Å². The van der Waals surface area contributed by atoms with E-state index in [4.69, 9.17) is 13.9 Å². The van der Waals surface area contributed by atoms with Crippen molar-refractivity contribution in [2.75, 3.05) is 31.9 Å². The van der Waals surface area contributed by atoms with Gasteiger partial charge < -0.3 is 24.5 Å². The number of nitrogens with one attached hydrogen (secondary N) is 2. The molecule has 186 valence electrons. The zero-order chi connectivity index (χ0) is 26.1. The number of nitro benzene ring substituents is 1. The summed E-state index contributed by atoms with van der Waals surface area (Å²) in [5.41, 5.74) is 0.930. The Morgan fingerprint density at radius 3 is 2.58 bits per heavy atom. The van der Waals surface area contributed by atoms with E-state index in [2.05, 4.69) is 29.8 Å². The van der Waals surface area contributed by atoms with Crippen molar-refractivity contribution in [3.8, 4) is 11.5 Å². The van der Waals surface area contributed by atoms with Gasteiger partial charge in [0.2, 0.25) is 17.5 Å². The number of anilines is 3. The number of ketones is 1. The highest BCUT2D eigenvalue weighted by Crippen LogP contribution is 2.36. The molecule has 0 radical (unpaired) electrons. The monoisotopic (exact) mass is 513 g/mol. The largest absolute Gasteiger partial charge is 0.496 e. The molecule has 0 saturated carbocycles. The lowest BCUT2D eigenvalue weighted by Gasteiger charge is -2.13. The van der Waals surface area contributed by atoms with Crippen molar-refractivity contribution >= 4 is 54.4 Å². The number of furan rings is 1. The average molecular weight is 513 g/mol. The Kier molecular flexibility index (Phi) is 6.71. The molecule has 13 heteroatoms. The highest BCUT2D eigenvalue weighted by Gasteiger charge is 2.30. The van der Waals surface area contributed by atoms with Crippen LogP contribution in [0.1, 0.15) is 21.7 Å². The first-order valence-corrected chi connectivity index (χ1v) is 11.0. The van der Waals surface area contributed by atoms with Crippen LogP contribution in [0.4, 0.5) is 27.4 Å². The zero-order valence-electron chi connectivity index (χ0n) is 19.6. The second kappa shape index (κ2) is 9.74. The van der Waals surface area contributed by atoms with Crippen molar-refractivity contribution in [1.82, 2.24) is 9.97 Å². The SMILES string of the molecule is CNc1c(C(=O)c2c(F)c(OC)cc(OC)c2P)oc2cnc(Nc3c(C)cccc3[N+](=O)[O-])nc12. The maximum absolute atomic E-state index is 15.2. The van der Waals surface area contributed by atoms with Crippen molar-refractivity contribution in [3.63, 3.8) is 0 Å².